The summed E-state index contributed by atoms with van der Waals surface area (Å²) >= 11 is 0. The van der Waals surface area contributed by atoms with E-state index < -0.39 is 13.9 Å². The number of hydrogen-bond acceptors (Lipinski definition) is 3. The molecule has 0 spiro atoms. The molecule has 3 rings (SSSR count). The van der Waals surface area contributed by atoms with Crippen LogP contribution < -0.4 is 0 Å². The Morgan fingerprint density at radius 1 is 1.13 bits per heavy atom. The normalized spacial score (nSPS) is 33.7. The number of Topliss-reactive ketones (excluding diaryl/α,β-unsaturated/α-hetero) is 1. The van der Waals surface area contributed by atoms with Gasteiger partial charge in [0, 0.05) is 12.6 Å². The molecule has 0 aromatic heterocycles. The average Bonchev–Trinajstić information content (AvgIpc) is 2.97. The van der Waals surface area contributed by atoms with E-state index in [1.165, 1.54) is 24.8 Å². The van der Waals surface area contributed by atoms with Gasteiger partial charge in [-0.05, 0) is 86.1 Å². The monoisotopic (exact) mass is 431 g/mol. The second-order valence-electron chi connectivity index (χ2n) is 13.2. The second-order valence-corrected chi connectivity index (χ2v) is 17.9. The Labute approximate surface area is 186 Å². The number of aliphatic imine (C=N–C) groups is 1. The van der Waals surface area contributed by atoms with E-state index in [-0.39, 0.29) is 21.8 Å². The SMILES string of the molecule is CC(C)(O[Si](C)(C)C(C)(C)C)C(=O)C[C@@]12CC[C@H]3C(C)(C)CCC[C@]3(C)C1=CC=N2. The first-order valence-electron chi connectivity index (χ1n) is 12.0. The van der Waals surface area contributed by atoms with E-state index in [1.54, 1.807) is 0 Å². The molecule has 3 atom stereocenters. The molecule has 0 amide bonds. The molecule has 0 aromatic carbocycles. The maximum absolute atomic E-state index is 13.7. The van der Waals surface area contributed by atoms with Crippen molar-refractivity contribution in [3.8, 4) is 0 Å². The molecule has 1 aliphatic heterocycles. The zero-order chi connectivity index (χ0) is 22.8. The highest BCUT2D eigenvalue weighted by Crippen LogP contribution is 2.64. The largest absolute Gasteiger partial charge is 0.405 e. The highest BCUT2D eigenvalue weighted by atomic mass is 28.4. The smallest absolute Gasteiger partial charge is 0.193 e. The van der Waals surface area contributed by atoms with E-state index in [1.807, 2.05) is 20.1 Å². The highest BCUT2D eigenvalue weighted by molar-refractivity contribution is 6.74. The number of hydrogen-bond donors (Lipinski definition) is 0. The number of carbonyl (C=O) groups excluding carboxylic acids is 1. The van der Waals surface area contributed by atoms with Gasteiger partial charge in [-0.1, -0.05) is 48.0 Å². The molecule has 0 saturated heterocycles. The molecular formula is C26H45NO2Si. The first-order chi connectivity index (χ1) is 13.5. The molecule has 2 aliphatic carbocycles. The van der Waals surface area contributed by atoms with Gasteiger partial charge in [0.05, 0.1) is 5.54 Å². The van der Waals surface area contributed by atoms with Crippen molar-refractivity contribution >= 4 is 20.3 Å². The first-order valence-corrected chi connectivity index (χ1v) is 14.9. The van der Waals surface area contributed by atoms with Gasteiger partial charge in [0.25, 0.3) is 0 Å². The Morgan fingerprint density at radius 3 is 2.37 bits per heavy atom. The van der Waals surface area contributed by atoms with E-state index >= 15 is 0 Å². The van der Waals surface area contributed by atoms with E-state index in [0.29, 0.717) is 17.8 Å². The van der Waals surface area contributed by atoms with Crippen LogP contribution in [0, 0.1) is 16.7 Å². The molecule has 170 valence electrons. The lowest BCUT2D eigenvalue weighted by Gasteiger charge is -2.58. The predicted molar refractivity (Wildman–Crippen MR) is 130 cm³/mol. The summed E-state index contributed by atoms with van der Waals surface area (Å²) in [5, 5.41) is 0.0820. The summed E-state index contributed by atoms with van der Waals surface area (Å²) in [5.41, 5.74) is 0.822. The third-order valence-electron chi connectivity index (χ3n) is 9.20. The van der Waals surface area contributed by atoms with Gasteiger partial charge in [0.2, 0.25) is 0 Å². The minimum absolute atomic E-state index is 0.0820. The van der Waals surface area contributed by atoms with Crippen LogP contribution in [-0.2, 0) is 9.22 Å². The Hall–Kier alpha value is -0.743. The quantitative estimate of drug-likeness (QED) is 0.435. The Kier molecular flexibility index (Phi) is 5.68. The molecule has 30 heavy (non-hydrogen) atoms. The lowest BCUT2D eigenvalue weighted by Crippen LogP contribution is -2.55. The van der Waals surface area contributed by atoms with E-state index in [9.17, 15) is 4.79 Å². The van der Waals surface area contributed by atoms with E-state index in [4.69, 9.17) is 9.42 Å². The number of ketones is 1. The number of fused-ring (bicyclic) bond motifs is 3. The first kappa shape index (κ1) is 23.9. The summed E-state index contributed by atoms with van der Waals surface area (Å²) in [7, 11) is -2.04. The van der Waals surface area contributed by atoms with Gasteiger partial charge in [-0.15, -0.1) is 0 Å². The van der Waals surface area contributed by atoms with Gasteiger partial charge < -0.3 is 4.43 Å². The van der Waals surface area contributed by atoms with Gasteiger partial charge in [-0.3, -0.25) is 9.79 Å². The lowest BCUT2D eigenvalue weighted by molar-refractivity contribution is -0.134. The topological polar surface area (TPSA) is 38.7 Å². The summed E-state index contributed by atoms with van der Waals surface area (Å²) in [6.45, 7) is 22.4. The fourth-order valence-electron chi connectivity index (χ4n) is 6.49. The van der Waals surface area contributed by atoms with E-state index in [0.717, 1.165) is 12.8 Å². The Bertz CT molecular complexity index is 770. The molecule has 2 fully saturated rings. The van der Waals surface area contributed by atoms with Crippen LogP contribution in [0.3, 0.4) is 0 Å². The van der Waals surface area contributed by atoms with Crippen LogP contribution in [-0.4, -0.2) is 31.5 Å². The summed E-state index contributed by atoms with van der Waals surface area (Å²) in [6, 6.07) is 0. The minimum Gasteiger partial charge on any atom is -0.405 e. The summed E-state index contributed by atoms with van der Waals surface area (Å²) in [6.07, 6.45) is 10.6. The van der Waals surface area contributed by atoms with Crippen molar-refractivity contribution in [2.24, 2.45) is 21.7 Å². The third-order valence-corrected chi connectivity index (χ3v) is 13.8. The van der Waals surface area contributed by atoms with Crippen LogP contribution in [0.1, 0.15) is 93.9 Å². The van der Waals surface area contributed by atoms with Crippen molar-refractivity contribution < 1.29 is 9.22 Å². The summed E-state index contributed by atoms with van der Waals surface area (Å²) < 4.78 is 6.62. The van der Waals surface area contributed by atoms with Crippen LogP contribution in [0.5, 0.6) is 0 Å². The molecule has 0 N–H and O–H groups in total. The third kappa shape index (κ3) is 3.81. The van der Waals surface area contributed by atoms with Gasteiger partial charge in [0.1, 0.15) is 5.60 Å². The number of carbonyl (C=O) groups is 1. The van der Waals surface area contributed by atoms with Gasteiger partial charge in [0.15, 0.2) is 14.1 Å². The molecule has 0 aromatic rings. The molecule has 0 unspecified atom stereocenters. The van der Waals surface area contributed by atoms with Gasteiger partial charge in [-0.2, -0.15) is 0 Å². The predicted octanol–water partition coefficient (Wildman–Crippen LogP) is 7.12. The average molecular weight is 432 g/mol. The summed E-state index contributed by atoms with van der Waals surface area (Å²) in [5.74, 6) is 0.876. The molecule has 3 aliphatic rings. The maximum Gasteiger partial charge on any atom is 0.193 e. The number of allylic oxidation sites excluding steroid dienone is 1. The molecule has 0 radical (unpaired) electrons. The Balaban J connectivity index is 1.85. The van der Waals surface area contributed by atoms with Crippen LogP contribution >= 0.6 is 0 Å². The van der Waals surface area contributed by atoms with Crippen molar-refractivity contribution in [3.05, 3.63) is 11.6 Å². The standard InChI is InChI=1S/C26H45NO2Si/c1-22(2,3)30(9,10)29-24(6,7)21(28)18-26-16-12-19-23(4,5)14-11-15-25(19,8)20(26)13-17-27-26/h13,17,19H,11-12,14-16,18H2,1-10H3/t19-,25-,26-/m0/s1. The van der Waals surface area contributed by atoms with Crippen molar-refractivity contribution in [1.82, 2.24) is 0 Å². The van der Waals surface area contributed by atoms with Crippen LogP contribution in [0.15, 0.2) is 16.6 Å². The fraction of sp³-hybridized carbons (Fsp3) is 0.846. The number of nitrogens with zero attached hydrogens (tertiary/aromatic N) is 1. The minimum atomic E-state index is -2.04. The van der Waals surface area contributed by atoms with Gasteiger partial charge in [-0.25, -0.2) is 0 Å². The van der Waals surface area contributed by atoms with E-state index in [2.05, 4.69) is 60.7 Å². The molecule has 1 heterocycles. The van der Waals surface area contributed by atoms with Crippen molar-refractivity contribution in [3.63, 3.8) is 0 Å². The van der Waals surface area contributed by atoms with Crippen LogP contribution in [0.25, 0.3) is 0 Å². The Morgan fingerprint density at radius 2 is 1.77 bits per heavy atom. The second kappa shape index (κ2) is 7.13. The molecule has 2 saturated carbocycles. The zero-order valence-corrected chi connectivity index (χ0v) is 22.2. The van der Waals surface area contributed by atoms with Gasteiger partial charge >= 0.3 is 0 Å². The number of rotatable bonds is 5. The maximum atomic E-state index is 13.7. The molecule has 4 heteroatoms. The van der Waals surface area contributed by atoms with Crippen LogP contribution in [0.2, 0.25) is 18.1 Å². The lowest BCUT2D eigenvalue weighted by atomic mass is 9.47. The van der Waals surface area contributed by atoms with Crippen molar-refractivity contribution in [2.45, 2.75) is 123 Å². The zero-order valence-electron chi connectivity index (χ0n) is 21.2. The van der Waals surface area contributed by atoms with Crippen molar-refractivity contribution in [1.29, 1.82) is 0 Å². The highest BCUT2D eigenvalue weighted by Gasteiger charge is 2.58. The van der Waals surface area contributed by atoms with Crippen LogP contribution in [0.4, 0.5) is 0 Å². The van der Waals surface area contributed by atoms with Crippen molar-refractivity contribution in [2.75, 3.05) is 0 Å². The molecular weight excluding hydrogens is 386 g/mol. The molecule has 3 nitrogen and oxygen atoms in total. The summed E-state index contributed by atoms with van der Waals surface area (Å²) in [4.78, 5) is 18.7. The molecule has 0 bridgehead atoms. The fourth-order valence-corrected chi connectivity index (χ4v) is 8.19.